The van der Waals surface area contributed by atoms with Crippen molar-refractivity contribution in [2.75, 3.05) is 26.4 Å². The molecule has 0 bridgehead atoms. The predicted octanol–water partition coefficient (Wildman–Crippen LogP) is 7.22. The van der Waals surface area contributed by atoms with Crippen LogP contribution < -0.4 is 0 Å². The quantitative estimate of drug-likeness (QED) is 0.0993. The Balaban J connectivity index is 1.32. The van der Waals surface area contributed by atoms with Gasteiger partial charge in [0.25, 0.3) is 0 Å². The van der Waals surface area contributed by atoms with E-state index in [0.717, 1.165) is 102 Å². The number of rotatable bonds is 14. The number of unbranched alkanes of at least 4 members (excludes halogenated alkanes) is 1. The smallest absolute Gasteiger partial charge is 0.302 e. The van der Waals surface area contributed by atoms with Crippen LogP contribution in [0.4, 0.5) is 0 Å². The summed E-state index contributed by atoms with van der Waals surface area (Å²) in [5, 5.41) is 10.4. The number of aliphatic hydroxyl groups is 1. The normalized spacial score (nSPS) is 33.2. The van der Waals surface area contributed by atoms with Gasteiger partial charge < -0.3 is 28.8 Å². The SMILES string of the molecule is CC(=O)OCCCCC(CO)C1=CC2C[C@H](OC3CCCCO3)[C@@H](C(=CCC3CCCCC3)OC3CCCCO3)C2C1. The summed E-state index contributed by atoms with van der Waals surface area (Å²) in [7, 11) is 0. The van der Waals surface area contributed by atoms with Crippen LogP contribution in [-0.2, 0) is 28.5 Å². The largest absolute Gasteiger partial charge is 0.469 e. The minimum Gasteiger partial charge on any atom is -0.469 e. The Morgan fingerprint density at radius 3 is 2.43 bits per heavy atom. The van der Waals surface area contributed by atoms with Gasteiger partial charge in [0.15, 0.2) is 12.6 Å². The van der Waals surface area contributed by atoms with Crippen molar-refractivity contribution in [2.24, 2.45) is 29.6 Å². The number of fused-ring (bicyclic) bond motifs is 1. The van der Waals surface area contributed by atoms with E-state index < -0.39 is 0 Å². The lowest BCUT2D eigenvalue weighted by Crippen LogP contribution is -2.34. The molecule has 2 heterocycles. The lowest BCUT2D eigenvalue weighted by atomic mass is 9.83. The standard InChI is InChI=1S/C35H56O7/c1-25(37)38-18-8-5-13-27(24-36)28-21-29-23-32(42-34-15-7-10-20-40-34)35(30(29)22-28)31(41-33-14-6-9-19-39-33)17-16-26-11-3-2-4-12-26/h17,21,26-27,29-30,32-36H,2-16,18-20,22-24H2,1H3/t27?,29?,30?,32-,33?,34?,35+/m0/s1. The molecule has 0 aromatic heterocycles. The average Bonchev–Trinajstić information content (AvgIpc) is 3.56. The first kappa shape index (κ1) is 32.0. The van der Waals surface area contributed by atoms with Gasteiger partial charge in [-0.05, 0) is 94.5 Å². The predicted molar refractivity (Wildman–Crippen MR) is 161 cm³/mol. The van der Waals surface area contributed by atoms with Crippen molar-refractivity contribution >= 4 is 5.97 Å². The molecule has 0 aromatic rings. The van der Waals surface area contributed by atoms with E-state index in [1.807, 2.05) is 0 Å². The van der Waals surface area contributed by atoms with Crippen LogP contribution >= 0.6 is 0 Å². The maximum absolute atomic E-state index is 11.1. The van der Waals surface area contributed by atoms with Crippen molar-refractivity contribution < 1.29 is 33.6 Å². The van der Waals surface area contributed by atoms with Gasteiger partial charge in [0.1, 0.15) is 5.76 Å². The van der Waals surface area contributed by atoms with Crippen LogP contribution in [-0.4, -0.2) is 56.2 Å². The summed E-state index contributed by atoms with van der Waals surface area (Å²) >= 11 is 0. The van der Waals surface area contributed by atoms with Gasteiger partial charge in [0.2, 0.25) is 0 Å². The van der Waals surface area contributed by atoms with Gasteiger partial charge >= 0.3 is 5.97 Å². The molecule has 7 heteroatoms. The first-order valence-electron chi connectivity index (χ1n) is 17.3. The molecule has 238 valence electrons. The number of allylic oxidation sites excluding steroid dienone is 2. The maximum Gasteiger partial charge on any atom is 0.302 e. The molecule has 0 aromatic carbocycles. The molecule has 2 aliphatic heterocycles. The molecule has 4 fully saturated rings. The summed E-state index contributed by atoms with van der Waals surface area (Å²) < 4.78 is 30.9. The molecule has 5 aliphatic rings. The highest BCUT2D eigenvalue weighted by atomic mass is 16.7. The number of carbonyl (C=O) groups is 1. The molecule has 1 N–H and O–H groups in total. The van der Waals surface area contributed by atoms with Crippen molar-refractivity contribution in [3.8, 4) is 0 Å². The van der Waals surface area contributed by atoms with E-state index >= 15 is 0 Å². The third-order valence-corrected chi connectivity index (χ3v) is 10.4. The molecule has 0 radical (unpaired) electrons. The highest BCUT2D eigenvalue weighted by Gasteiger charge is 2.50. The zero-order valence-corrected chi connectivity index (χ0v) is 26.0. The van der Waals surface area contributed by atoms with E-state index in [-0.39, 0.29) is 43.1 Å². The zero-order valence-electron chi connectivity index (χ0n) is 26.0. The summed E-state index contributed by atoms with van der Waals surface area (Å²) in [4.78, 5) is 11.1. The molecule has 0 spiro atoms. The minimum absolute atomic E-state index is 0.0680. The molecule has 3 aliphatic carbocycles. The van der Waals surface area contributed by atoms with E-state index in [4.69, 9.17) is 23.7 Å². The second-order valence-electron chi connectivity index (χ2n) is 13.5. The average molecular weight is 589 g/mol. The van der Waals surface area contributed by atoms with Crippen molar-refractivity contribution in [3.05, 3.63) is 23.5 Å². The summed E-state index contributed by atoms with van der Waals surface area (Å²) in [5.74, 6) is 2.77. The van der Waals surface area contributed by atoms with E-state index in [2.05, 4.69) is 12.2 Å². The molecular formula is C35H56O7. The lowest BCUT2D eigenvalue weighted by Gasteiger charge is -2.34. The summed E-state index contributed by atoms with van der Waals surface area (Å²) in [6, 6.07) is 0. The van der Waals surface area contributed by atoms with E-state index in [1.54, 1.807) is 0 Å². The fourth-order valence-electron chi connectivity index (χ4n) is 8.09. The monoisotopic (exact) mass is 588 g/mol. The fourth-order valence-corrected chi connectivity index (χ4v) is 8.09. The number of carbonyl (C=O) groups excluding carboxylic acids is 1. The van der Waals surface area contributed by atoms with Crippen molar-refractivity contribution in [3.63, 3.8) is 0 Å². The molecule has 42 heavy (non-hydrogen) atoms. The lowest BCUT2D eigenvalue weighted by molar-refractivity contribution is -0.201. The van der Waals surface area contributed by atoms with Crippen molar-refractivity contribution in [1.29, 1.82) is 0 Å². The van der Waals surface area contributed by atoms with Crippen molar-refractivity contribution in [1.82, 2.24) is 0 Å². The third kappa shape index (κ3) is 9.06. The van der Waals surface area contributed by atoms with Crippen LogP contribution in [0.1, 0.15) is 116 Å². The van der Waals surface area contributed by atoms with Gasteiger partial charge in [-0.2, -0.15) is 0 Å². The highest BCUT2D eigenvalue weighted by Crippen LogP contribution is 2.53. The fraction of sp³-hybridized carbons (Fsp3) is 0.857. The van der Waals surface area contributed by atoms with Gasteiger partial charge in [-0.3, -0.25) is 4.79 Å². The van der Waals surface area contributed by atoms with Gasteiger partial charge in [-0.1, -0.05) is 43.8 Å². The molecule has 5 rings (SSSR count). The minimum atomic E-state index is -0.227. The summed E-state index contributed by atoms with van der Waals surface area (Å²) in [6.07, 6.45) is 23.5. The Bertz CT molecular complexity index is 882. The van der Waals surface area contributed by atoms with Crippen LogP contribution in [0, 0.1) is 29.6 Å². The molecular weight excluding hydrogens is 532 g/mol. The Morgan fingerprint density at radius 2 is 1.74 bits per heavy atom. The number of esters is 1. The molecule has 0 amide bonds. The van der Waals surface area contributed by atoms with E-state index in [0.29, 0.717) is 18.4 Å². The van der Waals surface area contributed by atoms with Crippen LogP contribution in [0.5, 0.6) is 0 Å². The topological polar surface area (TPSA) is 83.5 Å². The van der Waals surface area contributed by atoms with Gasteiger partial charge in [-0.25, -0.2) is 0 Å². The number of hydrogen-bond donors (Lipinski definition) is 1. The number of aliphatic hydroxyl groups excluding tert-OH is 1. The second-order valence-corrected chi connectivity index (χ2v) is 13.5. The molecule has 7 atom stereocenters. The van der Waals surface area contributed by atoms with E-state index in [9.17, 15) is 9.90 Å². The molecule has 2 saturated heterocycles. The third-order valence-electron chi connectivity index (χ3n) is 10.4. The molecule has 7 nitrogen and oxygen atoms in total. The Morgan fingerprint density at radius 1 is 1.00 bits per heavy atom. The Kier molecular flexibility index (Phi) is 12.6. The first-order valence-corrected chi connectivity index (χ1v) is 17.3. The number of hydrogen-bond acceptors (Lipinski definition) is 7. The molecule has 5 unspecified atom stereocenters. The first-order chi connectivity index (χ1) is 20.6. The van der Waals surface area contributed by atoms with E-state index in [1.165, 1.54) is 44.6 Å². The highest BCUT2D eigenvalue weighted by molar-refractivity contribution is 5.65. The summed E-state index contributed by atoms with van der Waals surface area (Å²) in [5.41, 5.74) is 1.39. The van der Waals surface area contributed by atoms with Crippen LogP contribution in [0.3, 0.4) is 0 Å². The van der Waals surface area contributed by atoms with Gasteiger partial charge in [0.05, 0.1) is 19.3 Å². The Hall–Kier alpha value is -1.41. The molecule has 2 saturated carbocycles. The number of ether oxygens (including phenoxy) is 5. The van der Waals surface area contributed by atoms with Gasteiger partial charge in [-0.15, -0.1) is 0 Å². The van der Waals surface area contributed by atoms with Crippen LogP contribution in [0.15, 0.2) is 23.5 Å². The zero-order chi connectivity index (χ0) is 29.1. The maximum atomic E-state index is 11.1. The van der Waals surface area contributed by atoms with Crippen LogP contribution in [0.2, 0.25) is 0 Å². The van der Waals surface area contributed by atoms with Crippen LogP contribution in [0.25, 0.3) is 0 Å². The Labute approximate surface area is 253 Å². The van der Waals surface area contributed by atoms with Gasteiger partial charge in [0, 0.05) is 38.4 Å². The second kappa shape index (κ2) is 16.6. The summed E-state index contributed by atoms with van der Waals surface area (Å²) in [6.45, 7) is 3.63. The van der Waals surface area contributed by atoms with Crippen molar-refractivity contribution in [2.45, 2.75) is 135 Å².